The maximum absolute atomic E-state index is 6.11. The third-order valence-electron chi connectivity index (χ3n) is 3.84. The Bertz CT molecular complexity index is 404. The van der Waals surface area contributed by atoms with Gasteiger partial charge in [0.05, 0.1) is 6.61 Å². The molecule has 3 heteroatoms. The molecule has 0 radical (unpaired) electrons. The molecule has 2 rings (SSSR count). The van der Waals surface area contributed by atoms with Gasteiger partial charge in [0.25, 0.3) is 0 Å². The molecule has 0 heterocycles. The molecule has 2 nitrogen and oxygen atoms in total. The summed E-state index contributed by atoms with van der Waals surface area (Å²) in [5.74, 6) is 1.85. The van der Waals surface area contributed by atoms with E-state index in [-0.39, 0.29) is 18.4 Å². The van der Waals surface area contributed by atoms with Crippen molar-refractivity contribution in [1.82, 2.24) is 0 Å². The summed E-state index contributed by atoms with van der Waals surface area (Å²) in [6.45, 7) is 5.24. The fraction of sp³-hybridized carbons (Fsp3) is 0.647. The first kappa shape index (κ1) is 17.3. The summed E-state index contributed by atoms with van der Waals surface area (Å²) in [6, 6.07) is 6.87. The van der Waals surface area contributed by atoms with Crippen molar-refractivity contribution < 1.29 is 4.74 Å². The summed E-state index contributed by atoms with van der Waals surface area (Å²) < 4.78 is 5.98. The minimum absolute atomic E-state index is 0. The zero-order chi connectivity index (χ0) is 13.7. The van der Waals surface area contributed by atoms with Gasteiger partial charge in [0.1, 0.15) is 5.75 Å². The molecule has 20 heavy (non-hydrogen) atoms. The van der Waals surface area contributed by atoms with Crippen LogP contribution in [0, 0.1) is 5.92 Å². The van der Waals surface area contributed by atoms with Crippen LogP contribution in [0.15, 0.2) is 18.2 Å². The molecule has 0 bridgehead atoms. The minimum Gasteiger partial charge on any atom is -0.493 e. The van der Waals surface area contributed by atoms with Crippen molar-refractivity contribution in [3.8, 4) is 5.75 Å². The summed E-state index contributed by atoms with van der Waals surface area (Å²) >= 11 is 0. The van der Waals surface area contributed by atoms with Gasteiger partial charge in [-0.1, -0.05) is 32.4 Å². The lowest BCUT2D eigenvalue weighted by Crippen LogP contribution is -2.22. The molecule has 0 aromatic heterocycles. The summed E-state index contributed by atoms with van der Waals surface area (Å²) in [7, 11) is 0. The molecule has 0 spiro atoms. The van der Waals surface area contributed by atoms with E-state index in [0.29, 0.717) is 0 Å². The van der Waals surface area contributed by atoms with Crippen LogP contribution < -0.4 is 10.5 Å². The molecule has 1 aromatic rings. The molecule has 1 aromatic carbocycles. The third-order valence-corrected chi connectivity index (χ3v) is 3.84. The average molecular weight is 298 g/mol. The summed E-state index contributed by atoms with van der Waals surface area (Å²) in [6.07, 6.45) is 6.92. The van der Waals surface area contributed by atoms with E-state index in [1.54, 1.807) is 0 Å². The van der Waals surface area contributed by atoms with Gasteiger partial charge in [0.15, 0.2) is 0 Å². The molecule has 1 aliphatic carbocycles. The molecular weight excluding hydrogens is 270 g/mol. The molecule has 1 atom stereocenters. The molecule has 0 saturated heterocycles. The molecule has 1 fully saturated rings. The van der Waals surface area contributed by atoms with Gasteiger partial charge in [-0.3, -0.25) is 0 Å². The van der Waals surface area contributed by atoms with E-state index in [1.807, 2.05) is 0 Å². The predicted octanol–water partition coefficient (Wildman–Crippen LogP) is 4.13. The average Bonchev–Trinajstić information content (AvgIpc) is 3.22. The number of aryl methyl sites for hydroxylation is 1. The second kappa shape index (κ2) is 8.53. The van der Waals surface area contributed by atoms with Gasteiger partial charge < -0.3 is 10.5 Å². The van der Waals surface area contributed by atoms with E-state index in [2.05, 4.69) is 32.0 Å². The highest BCUT2D eigenvalue weighted by Gasteiger charge is 2.22. The van der Waals surface area contributed by atoms with Gasteiger partial charge in [-0.05, 0) is 55.2 Å². The van der Waals surface area contributed by atoms with Crippen molar-refractivity contribution >= 4 is 12.4 Å². The Kier molecular flexibility index (Phi) is 7.39. The quantitative estimate of drug-likeness (QED) is 0.783. The maximum atomic E-state index is 6.11. The van der Waals surface area contributed by atoms with Crippen LogP contribution in [0.1, 0.15) is 50.7 Å². The van der Waals surface area contributed by atoms with E-state index < -0.39 is 0 Å². The first-order valence-electron chi connectivity index (χ1n) is 7.73. The highest BCUT2D eigenvalue weighted by molar-refractivity contribution is 5.85. The Morgan fingerprint density at radius 1 is 1.30 bits per heavy atom. The largest absolute Gasteiger partial charge is 0.493 e. The smallest absolute Gasteiger partial charge is 0.122 e. The second-order valence-electron chi connectivity index (χ2n) is 5.82. The van der Waals surface area contributed by atoms with Gasteiger partial charge in [0.2, 0.25) is 0 Å². The first-order valence-corrected chi connectivity index (χ1v) is 7.73. The van der Waals surface area contributed by atoms with Gasteiger partial charge in [-0.15, -0.1) is 12.4 Å². The monoisotopic (exact) mass is 297 g/mol. The number of rotatable bonds is 8. The van der Waals surface area contributed by atoms with Crippen molar-refractivity contribution in [1.29, 1.82) is 0 Å². The van der Waals surface area contributed by atoms with Gasteiger partial charge >= 0.3 is 0 Å². The number of hydrogen-bond acceptors (Lipinski definition) is 2. The van der Waals surface area contributed by atoms with Crippen molar-refractivity contribution in [2.24, 2.45) is 11.7 Å². The second-order valence-corrected chi connectivity index (χ2v) is 5.82. The van der Waals surface area contributed by atoms with Crippen molar-refractivity contribution in [3.63, 3.8) is 0 Å². The van der Waals surface area contributed by atoms with Crippen LogP contribution in [0.2, 0.25) is 0 Å². The Balaban J connectivity index is 0.00000200. The van der Waals surface area contributed by atoms with E-state index in [4.69, 9.17) is 10.5 Å². The minimum atomic E-state index is 0. The number of halogens is 1. The lowest BCUT2D eigenvalue weighted by molar-refractivity contribution is 0.296. The van der Waals surface area contributed by atoms with Crippen LogP contribution >= 0.6 is 12.4 Å². The number of hydrogen-bond donors (Lipinski definition) is 1. The Morgan fingerprint density at radius 3 is 2.65 bits per heavy atom. The number of benzene rings is 1. The Morgan fingerprint density at radius 2 is 2.05 bits per heavy atom. The van der Waals surface area contributed by atoms with E-state index in [9.17, 15) is 0 Å². The lowest BCUT2D eigenvalue weighted by Gasteiger charge is -2.16. The van der Waals surface area contributed by atoms with Crippen LogP contribution in [0.4, 0.5) is 0 Å². The topological polar surface area (TPSA) is 35.2 Å². The Labute approximate surface area is 129 Å². The SMILES string of the molecule is CCCc1ccc(OCC2CC2)c(CC(N)CC)c1.Cl. The molecule has 1 unspecified atom stereocenters. The van der Waals surface area contributed by atoms with Crippen molar-refractivity contribution in [3.05, 3.63) is 29.3 Å². The van der Waals surface area contributed by atoms with Crippen LogP contribution in [-0.4, -0.2) is 12.6 Å². The Hall–Kier alpha value is -0.730. The molecule has 0 amide bonds. The highest BCUT2D eigenvalue weighted by Crippen LogP contribution is 2.31. The molecule has 114 valence electrons. The van der Waals surface area contributed by atoms with E-state index in [0.717, 1.165) is 37.5 Å². The number of ether oxygens (including phenoxy) is 1. The predicted molar refractivity (Wildman–Crippen MR) is 87.9 cm³/mol. The van der Waals surface area contributed by atoms with Gasteiger partial charge in [-0.2, -0.15) is 0 Å². The van der Waals surface area contributed by atoms with Crippen LogP contribution in [-0.2, 0) is 12.8 Å². The normalized spacial score (nSPS) is 15.6. The van der Waals surface area contributed by atoms with E-state index >= 15 is 0 Å². The summed E-state index contributed by atoms with van der Waals surface area (Å²) in [5, 5.41) is 0. The van der Waals surface area contributed by atoms with Crippen LogP contribution in [0.3, 0.4) is 0 Å². The zero-order valence-electron chi connectivity index (χ0n) is 12.7. The third kappa shape index (κ3) is 5.34. The van der Waals surface area contributed by atoms with Gasteiger partial charge in [-0.25, -0.2) is 0 Å². The maximum Gasteiger partial charge on any atom is 0.122 e. The summed E-state index contributed by atoms with van der Waals surface area (Å²) in [5.41, 5.74) is 8.81. The van der Waals surface area contributed by atoms with E-state index in [1.165, 1.54) is 30.4 Å². The standard InChI is InChI=1S/C17H27NO.ClH/c1-3-5-13-8-9-17(19-12-14-6-7-14)15(10-13)11-16(18)4-2;/h8-10,14,16H,3-7,11-12,18H2,1-2H3;1H. The molecule has 0 aliphatic heterocycles. The summed E-state index contributed by atoms with van der Waals surface area (Å²) in [4.78, 5) is 0. The van der Waals surface area contributed by atoms with Crippen molar-refractivity contribution in [2.45, 2.75) is 58.4 Å². The first-order chi connectivity index (χ1) is 9.22. The molecule has 1 aliphatic rings. The molecule has 2 N–H and O–H groups in total. The molecule has 1 saturated carbocycles. The number of nitrogens with two attached hydrogens (primary N) is 1. The lowest BCUT2D eigenvalue weighted by atomic mass is 9.99. The fourth-order valence-electron chi connectivity index (χ4n) is 2.30. The molecular formula is C17H28ClNO. The van der Waals surface area contributed by atoms with Crippen molar-refractivity contribution in [2.75, 3.05) is 6.61 Å². The van der Waals surface area contributed by atoms with Gasteiger partial charge in [0, 0.05) is 6.04 Å². The zero-order valence-corrected chi connectivity index (χ0v) is 13.5. The highest BCUT2D eigenvalue weighted by atomic mass is 35.5. The van der Waals surface area contributed by atoms with Crippen LogP contribution in [0.25, 0.3) is 0 Å². The van der Waals surface area contributed by atoms with Crippen LogP contribution in [0.5, 0.6) is 5.75 Å². The fourth-order valence-corrected chi connectivity index (χ4v) is 2.30.